The summed E-state index contributed by atoms with van der Waals surface area (Å²) in [5, 5.41) is 6.60. The van der Waals surface area contributed by atoms with Crippen molar-refractivity contribution in [1.29, 1.82) is 0 Å². The number of aromatic amines is 1. The highest BCUT2D eigenvalue weighted by Gasteiger charge is 2.44. The maximum Gasteiger partial charge on any atom is 0.278 e. The van der Waals surface area contributed by atoms with E-state index in [9.17, 15) is 14.4 Å². The molecule has 4 rings (SSSR count). The van der Waals surface area contributed by atoms with Crippen molar-refractivity contribution in [3.8, 4) is 0 Å². The molecule has 128 valence electrons. The van der Waals surface area contributed by atoms with Gasteiger partial charge in [-0.05, 0) is 25.7 Å². The molecule has 3 aliphatic rings. The minimum absolute atomic E-state index is 0.0396. The number of nitrogens with zero attached hydrogens (tertiary/aromatic N) is 3. The van der Waals surface area contributed by atoms with Crippen molar-refractivity contribution < 1.29 is 9.59 Å². The summed E-state index contributed by atoms with van der Waals surface area (Å²) in [5.41, 5.74) is 0.261. The van der Waals surface area contributed by atoms with Gasteiger partial charge >= 0.3 is 0 Å². The Kier molecular flexibility index (Phi) is 3.66. The Hall–Kier alpha value is -2.18. The van der Waals surface area contributed by atoms with Gasteiger partial charge in [0.05, 0.1) is 0 Å². The Morgan fingerprint density at radius 1 is 1.17 bits per heavy atom. The molecule has 2 atom stereocenters. The number of nitrogens with one attached hydrogen (secondary N) is 1. The van der Waals surface area contributed by atoms with Gasteiger partial charge in [0, 0.05) is 56.2 Å². The number of likely N-dealkylation sites (tertiary alicyclic amines) is 2. The van der Waals surface area contributed by atoms with Gasteiger partial charge < -0.3 is 9.80 Å². The fourth-order valence-electron chi connectivity index (χ4n) is 3.86. The van der Waals surface area contributed by atoms with E-state index in [0.717, 1.165) is 13.1 Å². The Bertz CT molecular complexity index is 726. The number of aromatic nitrogens is 2. The summed E-state index contributed by atoms with van der Waals surface area (Å²) < 4.78 is 0. The summed E-state index contributed by atoms with van der Waals surface area (Å²) in [4.78, 5) is 40.4. The molecule has 0 unspecified atom stereocenters. The van der Waals surface area contributed by atoms with Crippen LogP contribution in [0.15, 0.2) is 10.9 Å². The van der Waals surface area contributed by atoms with Crippen LogP contribution in [0, 0.1) is 24.7 Å². The first-order valence-electron chi connectivity index (χ1n) is 8.64. The third kappa shape index (κ3) is 2.83. The van der Waals surface area contributed by atoms with Crippen molar-refractivity contribution in [3.63, 3.8) is 0 Å². The summed E-state index contributed by atoms with van der Waals surface area (Å²) in [6, 6.07) is 1.40. The first-order valence-corrected chi connectivity index (χ1v) is 8.64. The van der Waals surface area contributed by atoms with Gasteiger partial charge in [0.25, 0.3) is 5.91 Å². The second kappa shape index (κ2) is 5.72. The number of amides is 2. The quantitative estimate of drug-likeness (QED) is 0.870. The summed E-state index contributed by atoms with van der Waals surface area (Å²) in [7, 11) is 0. The van der Waals surface area contributed by atoms with E-state index in [1.165, 1.54) is 18.9 Å². The van der Waals surface area contributed by atoms with Crippen molar-refractivity contribution >= 4 is 11.8 Å². The first kappa shape index (κ1) is 15.4. The highest BCUT2D eigenvalue weighted by atomic mass is 16.2. The molecule has 0 spiro atoms. The van der Waals surface area contributed by atoms with Gasteiger partial charge in [-0.25, -0.2) is 0 Å². The molecule has 0 radical (unpaired) electrons. The van der Waals surface area contributed by atoms with Crippen LogP contribution in [-0.2, 0) is 4.79 Å². The van der Waals surface area contributed by atoms with Crippen LogP contribution in [0.25, 0.3) is 0 Å². The van der Waals surface area contributed by atoms with E-state index in [1.807, 2.05) is 4.90 Å². The van der Waals surface area contributed by atoms with Crippen molar-refractivity contribution in [2.75, 3.05) is 26.2 Å². The molecule has 1 aromatic heterocycles. The van der Waals surface area contributed by atoms with Gasteiger partial charge in [-0.15, -0.1) is 0 Å². The zero-order valence-electron chi connectivity index (χ0n) is 13.8. The number of hydrogen-bond acceptors (Lipinski definition) is 4. The van der Waals surface area contributed by atoms with Crippen LogP contribution in [-0.4, -0.2) is 58.0 Å². The molecular formula is C17H22N4O3. The smallest absolute Gasteiger partial charge is 0.278 e. The van der Waals surface area contributed by atoms with E-state index in [0.29, 0.717) is 43.0 Å². The Morgan fingerprint density at radius 2 is 1.79 bits per heavy atom. The third-order valence-corrected chi connectivity index (χ3v) is 5.41. The molecule has 24 heavy (non-hydrogen) atoms. The van der Waals surface area contributed by atoms with Gasteiger partial charge in [0.2, 0.25) is 11.3 Å². The van der Waals surface area contributed by atoms with Crippen LogP contribution in [0.2, 0.25) is 0 Å². The maximum absolute atomic E-state index is 12.5. The average molecular weight is 330 g/mol. The average Bonchev–Trinajstić information content (AvgIpc) is 3.10. The van der Waals surface area contributed by atoms with E-state index >= 15 is 0 Å². The summed E-state index contributed by atoms with van der Waals surface area (Å²) in [6.07, 6.45) is 3.06. The summed E-state index contributed by atoms with van der Waals surface area (Å²) in [5.74, 6) is 1.21. The Labute approximate surface area is 140 Å². The van der Waals surface area contributed by atoms with Crippen molar-refractivity contribution in [2.45, 2.75) is 26.2 Å². The highest BCUT2D eigenvalue weighted by Crippen LogP contribution is 2.36. The van der Waals surface area contributed by atoms with Gasteiger partial charge in [0.15, 0.2) is 5.69 Å². The van der Waals surface area contributed by atoms with Gasteiger partial charge in [-0.3, -0.25) is 19.5 Å². The number of hydrogen-bond donors (Lipinski definition) is 1. The van der Waals surface area contributed by atoms with E-state index in [4.69, 9.17) is 0 Å². The normalized spacial score (nSPS) is 25.9. The van der Waals surface area contributed by atoms with Crippen LogP contribution < -0.4 is 5.43 Å². The second-order valence-corrected chi connectivity index (χ2v) is 7.44. The predicted molar refractivity (Wildman–Crippen MR) is 86.4 cm³/mol. The Balaban J connectivity index is 1.39. The highest BCUT2D eigenvalue weighted by molar-refractivity contribution is 5.92. The van der Waals surface area contributed by atoms with Crippen LogP contribution in [0.4, 0.5) is 0 Å². The molecule has 2 aliphatic heterocycles. The van der Waals surface area contributed by atoms with E-state index in [-0.39, 0.29) is 22.9 Å². The number of H-pyrrole nitrogens is 1. The lowest BCUT2D eigenvalue weighted by Gasteiger charge is -2.21. The van der Waals surface area contributed by atoms with E-state index in [1.54, 1.807) is 11.8 Å². The molecular weight excluding hydrogens is 308 g/mol. The standard InChI is InChI=1S/C17H22N4O3/c1-10-4-14(22)16(19-18-10)17(24)21-8-12-6-20(7-13(12)9-21)15(23)5-11-2-3-11/h4,11-13H,2-3,5-9H2,1H3,(H,18,22)/t12-,13+. The number of fused-ring (bicyclic) bond motifs is 1. The molecule has 7 heteroatoms. The zero-order chi connectivity index (χ0) is 16.8. The van der Waals surface area contributed by atoms with Crippen molar-refractivity contribution in [1.82, 2.24) is 20.0 Å². The lowest BCUT2D eigenvalue weighted by Crippen LogP contribution is -2.37. The minimum atomic E-state index is -0.338. The van der Waals surface area contributed by atoms with Crippen LogP contribution >= 0.6 is 0 Å². The first-order chi connectivity index (χ1) is 11.5. The van der Waals surface area contributed by atoms with Gasteiger partial charge in [-0.2, -0.15) is 5.10 Å². The molecule has 1 aliphatic carbocycles. The molecule has 3 heterocycles. The van der Waals surface area contributed by atoms with Crippen LogP contribution in [0.3, 0.4) is 0 Å². The maximum atomic E-state index is 12.5. The zero-order valence-corrected chi connectivity index (χ0v) is 13.8. The number of carbonyl (C=O) groups is 2. The third-order valence-electron chi connectivity index (χ3n) is 5.41. The van der Waals surface area contributed by atoms with Crippen molar-refractivity contribution in [2.24, 2.45) is 17.8 Å². The summed E-state index contributed by atoms with van der Waals surface area (Å²) >= 11 is 0. The lowest BCUT2D eigenvalue weighted by molar-refractivity contribution is -0.130. The molecule has 0 aromatic carbocycles. The second-order valence-electron chi connectivity index (χ2n) is 7.44. The van der Waals surface area contributed by atoms with E-state index in [2.05, 4.69) is 10.2 Å². The van der Waals surface area contributed by atoms with E-state index < -0.39 is 0 Å². The molecule has 1 aromatic rings. The molecule has 0 bridgehead atoms. The summed E-state index contributed by atoms with van der Waals surface area (Å²) in [6.45, 7) is 4.41. The predicted octanol–water partition coefficient (Wildman–Crippen LogP) is 0.409. The fraction of sp³-hybridized carbons (Fsp3) is 0.647. The molecule has 2 saturated heterocycles. The monoisotopic (exact) mass is 330 g/mol. The van der Waals surface area contributed by atoms with Crippen molar-refractivity contribution in [3.05, 3.63) is 27.7 Å². The Morgan fingerprint density at radius 3 is 2.38 bits per heavy atom. The largest absolute Gasteiger partial charge is 0.342 e. The molecule has 3 fully saturated rings. The molecule has 1 N–H and O–H groups in total. The van der Waals surface area contributed by atoms with Gasteiger partial charge in [-0.1, -0.05) is 0 Å². The fourth-order valence-corrected chi connectivity index (χ4v) is 3.86. The molecule has 2 amide bonds. The number of carbonyl (C=O) groups excluding carboxylic acids is 2. The minimum Gasteiger partial charge on any atom is -0.342 e. The molecule has 7 nitrogen and oxygen atoms in total. The van der Waals surface area contributed by atoms with Gasteiger partial charge in [0.1, 0.15) is 0 Å². The number of rotatable bonds is 3. The topological polar surface area (TPSA) is 86.4 Å². The van der Waals surface area contributed by atoms with Crippen LogP contribution in [0.5, 0.6) is 0 Å². The lowest BCUT2D eigenvalue weighted by atomic mass is 10.0. The number of aryl methyl sites for hydroxylation is 1. The van der Waals surface area contributed by atoms with Crippen LogP contribution in [0.1, 0.15) is 35.4 Å². The molecule has 1 saturated carbocycles. The SMILES string of the molecule is Cc1cc(=O)c(C(=O)N2C[C@H]3CN(C(=O)CC4CC4)C[C@H]3C2)n[nH]1.